The first-order valence-electron chi connectivity index (χ1n) is 7.01. The highest BCUT2D eigenvalue weighted by Gasteiger charge is 2.61. The molecule has 0 N–H and O–H groups in total. The summed E-state index contributed by atoms with van der Waals surface area (Å²) in [6.45, 7) is 26.6. The lowest BCUT2D eigenvalue weighted by atomic mass is 10.6. The SMILES string of the molecule is C=C/C=C/O[Si]C([Si](C)(C)C)([Si](C)(C)C)[Si](C)(C)C. The Labute approximate surface area is 126 Å². The first kappa shape index (κ1) is 19.1. The van der Waals surface area contributed by atoms with Gasteiger partial charge >= 0.3 is 9.76 Å². The standard InChI is InChI=1S/C14H32OSi4/c1-11-12-13-15-16-14(17(2,3)4,18(5,6)7)19(8,9)10/h11-13H,1H2,2-10H3/b13-12+. The molecule has 0 aliphatic heterocycles. The van der Waals surface area contributed by atoms with E-state index in [0.29, 0.717) is 13.7 Å². The van der Waals surface area contributed by atoms with Crippen molar-refractivity contribution in [2.75, 3.05) is 0 Å². The summed E-state index contributed by atoms with van der Waals surface area (Å²) in [6.07, 6.45) is 5.51. The van der Waals surface area contributed by atoms with E-state index in [1.54, 1.807) is 6.08 Å². The average Bonchev–Trinajstić information content (AvgIpc) is 2.10. The van der Waals surface area contributed by atoms with E-state index in [-0.39, 0.29) is 0 Å². The summed E-state index contributed by atoms with van der Waals surface area (Å²) < 4.78 is 6.50. The lowest BCUT2D eigenvalue weighted by Crippen LogP contribution is -2.68. The van der Waals surface area contributed by atoms with Gasteiger partial charge < -0.3 is 4.43 Å². The second-order valence-corrected chi connectivity index (χ2v) is 28.2. The van der Waals surface area contributed by atoms with Crippen LogP contribution >= 0.6 is 0 Å². The maximum atomic E-state index is 6.00. The van der Waals surface area contributed by atoms with Crippen molar-refractivity contribution < 1.29 is 4.43 Å². The van der Waals surface area contributed by atoms with Gasteiger partial charge in [-0.15, -0.1) is 0 Å². The molecule has 19 heavy (non-hydrogen) atoms. The molecule has 110 valence electrons. The Morgan fingerprint density at radius 1 is 0.842 bits per heavy atom. The quantitative estimate of drug-likeness (QED) is 0.358. The Hall–Kier alpha value is 0.148. The molecule has 0 aliphatic rings. The van der Waals surface area contributed by atoms with Crippen molar-refractivity contribution in [2.24, 2.45) is 0 Å². The maximum absolute atomic E-state index is 6.00. The largest absolute Gasteiger partial charge is 0.547 e. The predicted octanol–water partition coefficient (Wildman–Crippen LogP) is 5.11. The Bertz CT molecular complexity index is 293. The van der Waals surface area contributed by atoms with Crippen molar-refractivity contribution in [1.82, 2.24) is 0 Å². The highest BCUT2D eigenvalue weighted by molar-refractivity contribution is 7.22. The van der Waals surface area contributed by atoms with E-state index in [4.69, 9.17) is 4.43 Å². The minimum atomic E-state index is -1.32. The molecular weight excluding hydrogens is 296 g/mol. The van der Waals surface area contributed by atoms with Gasteiger partial charge in [0.05, 0.1) is 6.26 Å². The van der Waals surface area contributed by atoms with Crippen molar-refractivity contribution in [3.8, 4) is 0 Å². The van der Waals surface area contributed by atoms with Crippen LogP contribution in [0.3, 0.4) is 0 Å². The maximum Gasteiger partial charge on any atom is 0.307 e. The Balaban J connectivity index is 5.68. The smallest absolute Gasteiger partial charge is 0.307 e. The molecule has 0 aromatic carbocycles. The van der Waals surface area contributed by atoms with E-state index in [2.05, 4.69) is 65.5 Å². The summed E-state index contributed by atoms with van der Waals surface area (Å²) in [7, 11) is -3.34. The molecule has 0 spiro atoms. The molecule has 2 radical (unpaired) electrons. The summed E-state index contributed by atoms with van der Waals surface area (Å²) >= 11 is 0. The van der Waals surface area contributed by atoms with Gasteiger partial charge in [-0.25, -0.2) is 0 Å². The van der Waals surface area contributed by atoms with Crippen LogP contribution in [-0.2, 0) is 4.43 Å². The first-order valence-corrected chi connectivity index (χ1v) is 18.4. The van der Waals surface area contributed by atoms with E-state index >= 15 is 0 Å². The van der Waals surface area contributed by atoms with Crippen LogP contribution in [0, 0.1) is 0 Å². The molecular formula is C14H32OSi4. The van der Waals surface area contributed by atoms with E-state index in [9.17, 15) is 0 Å². The Kier molecular flexibility index (Phi) is 6.33. The second kappa shape index (κ2) is 6.28. The summed E-state index contributed by atoms with van der Waals surface area (Å²) in [5.74, 6) is 0. The van der Waals surface area contributed by atoms with Crippen LogP contribution in [0.1, 0.15) is 0 Å². The molecule has 5 heteroatoms. The summed E-state index contributed by atoms with van der Waals surface area (Å²) in [6, 6.07) is 0. The molecule has 0 rings (SSSR count). The first-order chi connectivity index (χ1) is 8.31. The van der Waals surface area contributed by atoms with Crippen molar-refractivity contribution in [1.29, 1.82) is 0 Å². The predicted molar refractivity (Wildman–Crippen MR) is 98.9 cm³/mol. The molecule has 1 nitrogen and oxygen atoms in total. The molecule has 0 unspecified atom stereocenters. The van der Waals surface area contributed by atoms with Gasteiger partial charge in [-0.2, -0.15) is 0 Å². The van der Waals surface area contributed by atoms with Crippen LogP contribution in [0.4, 0.5) is 0 Å². The number of allylic oxidation sites excluding steroid dienone is 2. The van der Waals surface area contributed by atoms with Crippen molar-refractivity contribution in [3.05, 3.63) is 25.0 Å². The fraction of sp³-hybridized carbons (Fsp3) is 0.714. The van der Waals surface area contributed by atoms with Crippen LogP contribution < -0.4 is 0 Å². The highest BCUT2D eigenvalue weighted by atomic mass is 28.5. The lowest BCUT2D eigenvalue weighted by molar-refractivity contribution is 0.510. The fourth-order valence-corrected chi connectivity index (χ4v) is 35.6. The van der Waals surface area contributed by atoms with Gasteiger partial charge in [0.25, 0.3) is 0 Å². The topological polar surface area (TPSA) is 9.23 Å². The third-order valence-corrected chi connectivity index (χ3v) is 32.3. The monoisotopic (exact) mass is 328 g/mol. The van der Waals surface area contributed by atoms with Gasteiger partial charge in [-0.1, -0.05) is 71.6 Å². The minimum Gasteiger partial charge on any atom is -0.547 e. The van der Waals surface area contributed by atoms with E-state index < -0.39 is 24.2 Å². The molecule has 0 fully saturated rings. The molecule has 0 amide bonds. The Morgan fingerprint density at radius 3 is 1.47 bits per heavy atom. The van der Waals surface area contributed by atoms with E-state index in [0.717, 1.165) is 0 Å². The lowest BCUT2D eigenvalue weighted by Gasteiger charge is -2.57. The number of hydrogen-bond donors (Lipinski definition) is 0. The van der Waals surface area contributed by atoms with Crippen LogP contribution in [0.2, 0.25) is 62.8 Å². The van der Waals surface area contributed by atoms with Crippen LogP contribution in [0.25, 0.3) is 0 Å². The minimum absolute atomic E-state index is 0.499. The molecule has 0 atom stereocenters. The number of hydrogen-bond acceptors (Lipinski definition) is 1. The molecule has 0 saturated heterocycles. The van der Waals surface area contributed by atoms with E-state index in [1.807, 2.05) is 12.3 Å². The van der Waals surface area contributed by atoms with Crippen molar-refractivity contribution in [2.45, 2.75) is 62.8 Å². The van der Waals surface area contributed by atoms with Crippen LogP contribution in [-0.4, -0.2) is 34.0 Å². The van der Waals surface area contributed by atoms with Gasteiger partial charge in [0.1, 0.15) is 0 Å². The fourth-order valence-electron chi connectivity index (χ4n) is 4.05. The third kappa shape index (κ3) is 4.06. The summed E-state index contributed by atoms with van der Waals surface area (Å²) in [4.78, 5) is 0. The van der Waals surface area contributed by atoms with Crippen molar-refractivity contribution >= 4 is 34.0 Å². The van der Waals surface area contributed by atoms with Gasteiger partial charge in [0.15, 0.2) is 0 Å². The molecule has 0 aliphatic carbocycles. The van der Waals surface area contributed by atoms with E-state index in [1.165, 1.54) is 0 Å². The normalized spacial score (nSPS) is 14.8. The zero-order valence-corrected chi connectivity index (χ0v) is 18.3. The van der Waals surface area contributed by atoms with Gasteiger partial charge in [-0.05, 0) is 9.98 Å². The molecule has 0 saturated carbocycles. The van der Waals surface area contributed by atoms with Gasteiger partial charge in [0, 0.05) is 24.2 Å². The molecule has 0 aromatic rings. The summed E-state index contributed by atoms with van der Waals surface area (Å²) in [5, 5.41) is 0. The van der Waals surface area contributed by atoms with Crippen LogP contribution in [0.15, 0.2) is 25.0 Å². The average molecular weight is 329 g/mol. The zero-order valence-electron chi connectivity index (χ0n) is 14.3. The molecule has 0 heterocycles. The molecule has 0 aromatic heterocycles. The highest BCUT2D eigenvalue weighted by Crippen LogP contribution is 2.52. The Morgan fingerprint density at radius 2 is 1.21 bits per heavy atom. The van der Waals surface area contributed by atoms with Gasteiger partial charge in [0.2, 0.25) is 0 Å². The third-order valence-electron chi connectivity index (χ3n) is 3.87. The zero-order chi connectivity index (χ0) is 15.5. The summed E-state index contributed by atoms with van der Waals surface area (Å²) in [5.41, 5.74) is 0. The number of rotatable bonds is 7. The van der Waals surface area contributed by atoms with Crippen molar-refractivity contribution in [3.63, 3.8) is 0 Å². The second-order valence-electron chi connectivity index (χ2n) is 8.28. The van der Waals surface area contributed by atoms with Gasteiger partial charge in [-0.3, -0.25) is 0 Å². The molecule has 0 bridgehead atoms. The van der Waals surface area contributed by atoms with Crippen LogP contribution in [0.5, 0.6) is 0 Å².